The van der Waals surface area contributed by atoms with Gasteiger partial charge in [0, 0.05) is 0 Å². The van der Waals surface area contributed by atoms with Crippen molar-refractivity contribution in [3.63, 3.8) is 0 Å². The average Bonchev–Trinajstić information content (AvgIpc) is 2.03. The Kier molecular flexibility index (Phi) is 6.01. The van der Waals surface area contributed by atoms with Gasteiger partial charge in [0.2, 0.25) is 0 Å². The molecule has 0 aromatic carbocycles. The summed E-state index contributed by atoms with van der Waals surface area (Å²) in [6, 6.07) is -0.736. The van der Waals surface area contributed by atoms with Gasteiger partial charge in [-0.15, -0.1) is 0 Å². The molecule has 3 heteroatoms. The second-order valence-electron chi connectivity index (χ2n) is 2.48. The van der Waals surface area contributed by atoms with Gasteiger partial charge in [-0.25, -0.2) is 0 Å². The summed E-state index contributed by atoms with van der Waals surface area (Å²) < 4.78 is 0. The Labute approximate surface area is 72.6 Å². The summed E-state index contributed by atoms with van der Waals surface area (Å²) in [6.45, 7) is 1.92. The number of carbonyl (C=O) groups is 1. The molecule has 3 N–H and O–H groups in total. The summed E-state index contributed by atoms with van der Waals surface area (Å²) in [5.74, 6) is -0.936. The van der Waals surface area contributed by atoms with Gasteiger partial charge >= 0.3 is 5.97 Å². The summed E-state index contributed by atoms with van der Waals surface area (Å²) in [7, 11) is 0. The molecule has 3 nitrogen and oxygen atoms in total. The third-order valence-corrected chi connectivity index (χ3v) is 1.40. The lowest BCUT2D eigenvalue weighted by Gasteiger charge is -2.01. The Balaban J connectivity index is 3.49. The van der Waals surface area contributed by atoms with Crippen LogP contribution in [0.15, 0.2) is 24.3 Å². The largest absolute Gasteiger partial charge is 0.480 e. The molecule has 0 radical (unpaired) electrons. The van der Waals surface area contributed by atoms with E-state index in [2.05, 4.69) is 0 Å². The molecular weight excluding hydrogens is 154 g/mol. The van der Waals surface area contributed by atoms with Crippen molar-refractivity contribution in [3.05, 3.63) is 24.3 Å². The van der Waals surface area contributed by atoms with E-state index in [1.165, 1.54) is 0 Å². The molecule has 0 spiro atoms. The predicted octanol–water partition coefficient (Wildman–Crippen LogP) is 1.31. The van der Waals surface area contributed by atoms with E-state index < -0.39 is 12.0 Å². The number of hydrogen-bond donors (Lipinski definition) is 2. The normalized spacial score (nSPS) is 14.2. The molecule has 0 aliphatic rings. The molecule has 68 valence electrons. The number of nitrogens with two attached hydrogens (primary N) is 1. The maximum absolute atomic E-state index is 10.3. The van der Waals surface area contributed by atoms with Crippen molar-refractivity contribution in [1.82, 2.24) is 0 Å². The highest BCUT2D eigenvalue weighted by atomic mass is 16.4. The van der Waals surface area contributed by atoms with E-state index in [0.29, 0.717) is 12.8 Å². The van der Waals surface area contributed by atoms with Crippen molar-refractivity contribution < 1.29 is 9.90 Å². The molecule has 0 bridgehead atoms. The van der Waals surface area contributed by atoms with Crippen molar-refractivity contribution >= 4 is 5.97 Å². The Morgan fingerprint density at radius 1 is 1.58 bits per heavy atom. The van der Waals surface area contributed by atoms with Crippen molar-refractivity contribution in [2.24, 2.45) is 5.73 Å². The highest BCUT2D eigenvalue weighted by Crippen LogP contribution is 1.95. The topological polar surface area (TPSA) is 63.3 Å². The molecule has 0 fully saturated rings. The zero-order valence-corrected chi connectivity index (χ0v) is 7.23. The zero-order chi connectivity index (χ0) is 9.40. The van der Waals surface area contributed by atoms with Crippen LogP contribution in [0.3, 0.4) is 0 Å². The van der Waals surface area contributed by atoms with Gasteiger partial charge in [-0.3, -0.25) is 4.79 Å². The number of allylic oxidation sites excluding steroid dienone is 4. The van der Waals surface area contributed by atoms with Crippen molar-refractivity contribution in [1.29, 1.82) is 0 Å². The van der Waals surface area contributed by atoms with E-state index in [9.17, 15) is 4.79 Å². The van der Waals surface area contributed by atoms with Crippen molar-refractivity contribution in [2.45, 2.75) is 25.8 Å². The molecule has 0 aromatic heterocycles. The SMILES string of the molecule is CC=CC=CCCC(N)C(=O)O. The lowest BCUT2D eigenvalue weighted by atomic mass is 10.1. The van der Waals surface area contributed by atoms with E-state index in [1.54, 1.807) is 0 Å². The minimum absolute atomic E-state index is 0.489. The van der Waals surface area contributed by atoms with E-state index in [0.717, 1.165) is 0 Å². The van der Waals surface area contributed by atoms with Crippen molar-refractivity contribution in [2.75, 3.05) is 0 Å². The maximum atomic E-state index is 10.3. The smallest absolute Gasteiger partial charge is 0.320 e. The van der Waals surface area contributed by atoms with Crippen LogP contribution in [0, 0.1) is 0 Å². The quantitative estimate of drug-likeness (QED) is 0.610. The van der Waals surface area contributed by atoms with E-state index in [1.807, 2.05) is 31.2 Å². The summed E-state index contributed by atoms with van der Waals surface area (Å²) in [4.78, 5) is 10.3. The Morgan fingerprint density at radius 3 is 2.75 bits per heavy atom. The van der Waals surface area contributed by atoms with E-state index in [-0.39, 0.29) is 0 Å². The van der Waals surface area contributed by atoms with Gasteiger partial charge < -0.3 is 10.8 Å². The maximum Gasteiger partial charge on any atom is 0.320 e. The van der Waals surface area contributed by atoms with Crippen LogP contribution in [0.2, 0.25) is 0 Å². The lowest BCUT2D eigenvalue weighted by Crippen LogP contribution is -2.29. The average molecular weight is 169 g/mol. The van der Waals surface area contributed by atoms with Crippen molar-refractivity contribution in [3.8, 4) is 0 Å². The summed E-state index contributed by atoms with van der Waals surface area (Å²) in [5.41, 5.74) is 5.28. The molecule has 1 atom stereocenters. The zero-order valence-electron chi connectivity index (χ0n) is 7.23. The summed E-state index contributed by atoms with van der Waals surface area (Å²) >= 11 is 0. The van der Waals surface area contributed by atoms with Gasteiger partial charge in [0.05, 0.1) is 0 Å². The molecule has 1 unspecified atom stereocenters. The molecule has 0 aliphatic heterocycles. The van der Waals surface area contributed by atoms with Gasteiger partial charge in [0.25, 0.3) is 0 Å². The van der Waals surface area contributed by atoms with Crippen LogP contribution in [0.25, 0.3) is 0 Å². The van der Waals surface area contributed by atoms with Gasteiger partial charge in [-0.1, -0.05) is 24.3 Å². The van der Waals surface area contributed by atoms with Crippen LogP contribution in [0.1, 0.15) is 19.8 Å². The molecule has 0 rings (SSSR count). The third-order valence-electron chi connectivity index (χ3n) is 1.40. The molecular formula is C9H15NO2. The van der Waals surface area contributed by atoms with Crippen LogP contribution in [-0.4, -0.2) is 17.1 Å². The van der Waals surface area contributed by atoms with Gasteiger partial charge in [-0.05, 0) is 19.8 Å². The summed E-state index contributed by atoms with van der Waals surface area (Å²) in [6.07, 6.45) is 8.79. The van der Waals surface area contributed by atoms with Crippen LogP contribution < -0.4 is 5.73 Å². The number of carboxylic acid groups (broad SMARTS) is 1. The first-order valence-electron chi connectivity index (χ1n) is 3.94. The first-order valence-corrected chi connectivity index (χ1v) is 3.94. The molecule has 0 saturated heterocycles. The molecule has 0 amide bonds. The van der Waals surface area contributed by atoms with E-state index in [4.69, 9.17) is 10.8 Å². The first-order chi connectivity index (χ1) is 5.68. The van der Waals surface area contributed by atoms with E-state index >= 15 is 0 Å². The van der Waals surface area contributed by atoms with Gasteiger partial charge in [-0.2, -0.15) is 0 Å². The Morgan fingerprint density at radius 2 is 2.25 bits per heavy atom. The second kappa shape index (κ2) is 6.61. The summed E-state index contributed by atoms with van der Waals surface area (Å²) in [5, 5.41) is 8.42. The van der Waals surface area contributed by atoms with Gasteiger partial charge in [0.15, 0.2) is 0 Å². The van der Waals surface area contributed by atoms with Crippen LogP contribution >= 0.6 is 0 Å². The highest BCUT2D eigenvalue weighted by molar-refractivity contribution is 5.72. The monoisotopic (exact) mass is 169 g/mol. The Hall–Kier alpha value is -1.09. The number of rotatable bonds is 5. The fourth-order valence-electron chi connectivity index (χ4n) is 0.685. The number of carboxylic acids is 1. The standard InChI is InChI=1S/C9H15NO2/c1-2-3-4-5-6-7-8(10)9(11)12/h2-5,8H,6-7,10H2,1H3,(H,11,12). The minimum atomic E-state index is -0.936. The number of hydrogen-bond acceptors (Lipinski definition) is 2. The number of aliphatic carboxylic acids is 1. The molecule has 0 saturated carbocycles. The molecule has 12 heavy (non-hydrogen) atoms. The van der Waals surface area contributed by atoms with Crippen LogP contribution in [0.5, 0.6) is 0 Å². The highest BCUT2D eigenvalue weighted by Gasteiger charge is 2.08. The van der Waals surface area contributed by atoms with Crippen LogP contribution in [0.4, 0.5) is 0 Å². The predicted molar refractivity (Wildman–Crippen MR) is 48.8 cm³/mol. The lowest BCUT2D eigenvalue weighted by molar-refractivity contribution is -0.138. The minimum Gasteiger partial charge on any atom is -0.480 e. The fraction of sp³-hybridized carbons (Fsp3) is 0.444. The first kappa shape index (κ1) is 10.9. The fourth-order valence-corrected chi connectivity index (χ4v) is 0.685. The molecule has 0 heterocycles. The van der Waals surface area contributed by atoms with Crippen LogP contribution in [-0.2, 0) is 4.79 Å². The van der Waals surface area contributed by atoms with Gasteiger partial charge in [0.1, 0.15) is 6.04 Å². The molecule has 0 aliphatic carbocycles. The molecule has 0 aromatic rings. The third kappa shape index (κ3) is 5.68. The second-order valence-corrected chi connectivity index (χ2v) is 2.48. The Bertz CT molecular complexity index is 185.